The summed E-state index contributed by atoms with van der Waals surface area (Å²) < 4.78 is 5.20. The number of rotatable bonds is 5. The Hall–Kier alpha value is -1.73. The maximum atomic E-state index is 12.6. The van der Waals surface area contributed by atoms with E-state index >= 15 is 0 Å². The van der Waals surface area contributed by atoms with Gasteiger partial charge in [-0.25, -0.2) is 0 Å². The number of aryl methyl sites for hydroxylation is 4. The number of carbonyl (C=O) groups excluding carboxylic acids is 1. The molecular formula is C17H23N3O3S. The number of hydrogen-bond donors (Lipinski definition) is 1. The van der Waals surface area contributed by atoms with Crippen molar-refractivity contribution in [1.29, 1.82) is 0 Å². The molecule has 1 fully saturated rings. The van der Waals surface area contributed by atoms with Gasteiger partial charge in [0.1, 0.15) is 6.04 Å². The number of thiophene rings is 1. The molecule has 0 unspecified atom stereocenters. The maximum absolute atomic E-state index is 12.6. The van der Waals surface area contributed by atoms with E-state index in [1.165, 1.54) is 15.3 Å². The van der Waals surface area contributed by atoms with Gasteiger partial charge in [-0.3, -0.25) is 4.79 Å². The molecule has 0 saturated carbocycles. The van der Waals surface area contributed by atoms with Crippen LogP contribution in [0.15, 0.2) is 10.6 Å². The van der Waals surface area contributed by atoms with Crippen LogP contribution in [-0.4, -0.2) is 38.7 Å². The molecule has 1 N–H and O–H groups in total. The molecule has 6 nitrogen and oxygen atoms in total. The van der Waals surface area contributed by atoms with Gasteiger partial charge in [0.05, 0.1) is 6.10 Å². The van der Waals surface area contributed by atoms with Crippen LogP contribution in [0, 0.1) is 20.8 Å². The average molecular weight is 349 g/mol. The van der Waals surface area contributed by atoms with Crippen LogP contribution >= 0.6 is 11.3 Å². The van der Waals surface area contributed by atoms with Crippen molar-refractivity contribution in [2.75, 3.05) is 6.54 Å². The molecule has 1 aliphatic rings. The van der Waals surface area contributed by atoms with Gasteiger partial charge in [-0.05, 0) is 45.2 Å². The molecule has 0 aliphatic carbocycles. The van der Waals surface area contributed by atoms with Crippen molar-refractivity contribution in [3.05, 3.63) is 33.1 Å². The lowest BCUT2D eigenvalue weighted by Crippen LogP contribution is -2.31. The SMILES string of the molecule is Cc1noc([C@H]2C[C@@H](O)CN2C(=O)CCCc2cc(C)sc2C)n1. The van der Waals surface area contributed by atoms with E-state index in [1.807, 2.05) is 0 Å². The van der Waals surface area contributed by atoms with Gasteiger partial charge in [0.25, 0.3) is 0 Å². The van der Waals surface area contributed by atoms with Crippen LogP contribution in [0.3, 0.4) is 0 Å². The molecule has 0 spiro atoms. The van der Waals surface area contributed by atoms with E-state index in [1.54, 1.807) is 23.2 Å². The number of β-amino-alcohol motifs (C(OH)–C–C–N with tert-alkyl or cyclic N) is 1. The molecule has 2 atom stereocenters. The van der Waals surface area contributed by atoms with Crippen molar-refractivity contribution in [2.45, 2.75) is 58.6 Å². The second-order valence-corrected chi connectivity index (χ2v) is 7.88. The first-order valence-corrected chi connectivity index (χ1v) is 9.09. The Morgan fingerprint density at radius 1 is 1.46 bits per heavy atom. The summed E-state index contributed by atoms with van der Waals surface area (Å²) in [4.78, 5) is 21.1. The highest BCUT2D eigenvalue weighted by Crippen LogP contribution is 2.32. The Bertz CT molecular complexity index is 724. The molecule has 0 bridgehead atoms. The molecule has 7 heteroatoms. The summed E-state index contributed by atoms with van der Waals surface area (Å²) in [6.45, 7) is 6.31. The zero-order chi connectivity index (χ0) is 17.3. The van der Waals surface area contributed by atoms with Gasteiger partial charge in [0.15, 0.2) is 5.82 Å². The highest BCUT2D eigenvalue weighted by atomic mass is 32.1. The van der Waals surface area contributed by atoms with Crippen LogP contribution in [0.2, 0.25) is 0 Å². The smallest absolute Gasteiger partial charge is 0.249 e. The van der Waals surface area contributed by atoms with E-state index in [0.29, 0.717) is 31.1 Å². The number of carbonyl (C=O) groups is 1. The molecule has 2 aromatic heterocycles. The van der Waals surface area contributed by atoms with Crippen LogP contribution in [-0.2, 0) is 11.2 Å². The third kappa shape index (κ3) is 3.67. The lowest BCUT2D eigenvalue weighted by Gasteiger charge is -2.21. The summed E-state index contributed by atoms with van der Waals surface area (Å²) in [5.41, 5.74) is 1.33. The predicted molar refractivity (Wildman–Crippen MR) is 90.8 cm³/mol. The van der Waals surface area contributed by atoms with Crippen molar-refractivity contribution in [3.8, 4) is 0 Å². The number of nitrogens with zero attached hydrogens (tertiary/aromatic N) is 3. The molecule has 24 heavy (non-hydrogen) atoms. The Morgan fingerprint density at radius 3 is 2.88 bits per heavy atom. The number of amides is 1. The molecule has 3 heterocycles. The first-order valence-electron chi connectivity index (χ1n) is 8.27. The number of aliphatic hydroxyl groups excluding tert-OH is 1. The lowest BCUT2D eigenvalue weighted by molar-refractivity contribution is -0.133. The van der Waals surface area contributed by atoms with E-state index in [-0.39, 0.29) is 11.9 Å². The van der Waals surface area contributed by atoms with Gasteiger partial charge in [0.2, 0.25) is 11.8 Å². The van der Waals surface area contributed by atoms with Gasteiger partial charge >= 0.3 is 0 Å². The van der Waals surface area contributed by atoms with E-state index in [4.69, 9.17) is 4.52 Å². The summed E-state index contributed by atoms with van der Waals surface area (Å²) in [5.74, 6) is 1.00. The van der Waals surface area contributed by atoms with Gasteiger partial charge in [-0.15, -0.1) is 11.3 Å². The molecule has 1 saturated heterocycles. The van der Waals surface area contributed by atoms with Gasteiger partial charge < -0.3 is 14.5 Å². The maximum Gasteiger partial charge on any atom is 0.249 e. The average Bonchev–Trinajstić information content (AvgIpc) is 3.19. The van der Waals surface area contributed by atoms with Crippen LogP contribution in [0.25, 0.3) is 0 Å². The van der Waals surface area contributed by atoms with E-state index in [2.05, 4.69) is 30.1 Å². The second kappa shape index (κ2) is 7.03. The first-order chi connectivity index (χ1) is 11.4. The quantitative estimate of drug-likeness (QED) is 0.898. The fourth-order valence-electron chi connectivity index (χ4n) is 3.28. The zero-order valence-corrected chi connectivity index (χ0v) is 15.1. The third-order valence-electron chi connectivity index (χ3n) is 4.41. The molecule has 130 valence electrons. The third-order valence-corrected chi connectivity index (χ3v) is 5.42. The Labute approximate surface area is 145 Å². The molecule has 1 aliphatic heterocycles. The van der Waals surface area contributed by atoms with E-state index in [9.17, 15) is 9.90 Å². The zero-order valence-electron chi connectivity index (χ0n) is 14.3. The van der Waals surface area contributed by atoms with Crippen molar-refractivity contribution in [2.24, 2.45) is 0 Å². The van der Waals surface area contributed by atoms with Crippen LogP contribution < -0.4 is 0 Å². The fraction of sp³-hybridized carbons (Fsp3) is 0.588. The molecule has 2 aromatic rings. The largest absolute Gasteiger partial charge is 0.391 e. The summed E-state index contributed by atoms with van der Waals surface area (Å²) in [5, 5.41) is 13.7. The minimum Gasteiger partial charge on any atom is -0.391 e. The van der Waals surface area contributed by atoms with E-state index in [0.717, 1.165) is 12.8 Å². The highest BCUT2D eigenvalue weighted by Gasteiger charge is 2.38. The Balaban J connectivity index is 1.59. The van der Waals surface area contributed by atoms with Gasteiger partial charge in [-0.1, -0.05) is 5.16 Å². The summed E-state index contributed by atoms with van der Waals surface area (Å²) >= 11 is 1.80. The van der Waals surface area contributed by atoms with Crippen LogP contribution in [0.4, 0.5) is 0 Å². The van der Waals surface area contributed by atoms with E-state index < -0.39 is 6.10 Å². The molecule has 0 radical (unpaired) electrons. The molecule has 1 amide bonds. The number of aliphatic hydroxyl groups is 1. The van der Waals surface area contributed by atoms with Crippen LogP contribution in [0.5, 0.6) is 0 Å². The number of hydrogen-bond acceptors (Lipinski definition) is 6. The Morgan fingerprint density at radius 2 is 2.25 bits per heavy atom. The monoisotopic (exact) mass is 349 g/mol. The minimum atomic E-state index is -0.534. The topological polar surface area (TPSA) is 79.5 Å². The normalized spacial score (nSPS) is 20.8. The van der Waals surface area contributed by atoms with Crippen molar-refractivity contribution < 1.29 is 14.4 Å². The number of likely N-dealkylation sites (tertiary alicyclic amines) is 1. The Kier molecular flexibility index (Phi) is 5.01. The highest BCUT2D eigenvalue weighted by molar-refractivity contribution is 7.12. The summed E-state index contributed by atoms with van der Waals surface area (Å²) in [6.07, 6.45) is 2.09. The van der Waals surface area contributed by atoms with Crippen molar-refractivity contribution in [3.63, 3.8) is 0 Å². The summed E-state index contributed by atoms with van der Waals surface area (Å²) in [6, 6.07) is 1.90. The first kappa shape index (κ1) is 17.1. The molecule has 0 aromatic carbocycles. The van der Waals surface area contributed by atoms with Gasteiger partial charge in [0, 0.05) is 29.1 Å². The van der Waals surface area contributed by atoms with Crippen LogP contribution in [0.1, 0.15) is 52.3 Å². The molecule has 3 rings (SSSR count). The predicted octanol–water partition coefficient (Wildman–Crippen LogP) is 2.71. The van der Waals surface area contributed by atoms with Crippen molar-refractivity contribution >= 4 is 17.2 Å². The van der Waals surface area contributed by atoms with Crippen molar-refractivity contribution in [1.82, 2.24) is 15.0 Å². The lowest BCUT2D eigenvalue weighted by atomic mass is 10.1. The number of aromatic nitrogens is 2. The summed E-state index contributed by atoms with van der Waals surface area (Å²) in [7, 11) is 0. The second-order valence-electron chi connectivity index (χ2n) is 6.42. The standard InChI is InChI=1S/C17H23N3O3S/c1-10-7-13(11(2)24-10)5-4-6-16(22)20-9-14(21)8-15(20)17-18-12(3)19-23-17/h7,14-15,21H,4-6,8-9H2,1-3H3/t14-,15-/m1/s1. The minimum absolute atomic E-state index is 0.0389. The van der Waals surface area contributed by atoms with Gasteiger partial charge in [-0.2, -0.15) is 4.98 Å². The fourth-order valence-corrected chi connectivity index (χ4v) is 4.25. The molecular weight excluding hydrogens is 326 g/mol.